The lowest BCUT2D eigenvalue weighted by Gasteiger charge is -2.26. The van der Waals surface area contributed by atoms with E-state index in [0.717, 1.165) is 11.1 Å². The van der Waals surface area contributed by atoms with Gasteiger partial charge in [0.15, 0.2) is 12.2 Å². The molecule has 8 heteroatoms. The van der Waals surface area contributed by atoms with Gasteiger partial charge in [0.25, 0.3) is 0 Å². The summed E-state index contributed by atoms with van der Waals surface area (Å²) in [6, 6.07) is 15.8. The number of guanidine groups is 1. The van der Waals surface area contributed by atoms with Gasteiger partial charge in [-0.15, -0.1) is 10.2 Å². The highest BCUT2D eigenvalue weighted by atomic mass is 19.1. The van der Waals surface area contributed by atoms with E-state index in [1.165, 1.54) is 12.1 Å². The maximum Gasteiger partial charge on any atom is 0.195 e. The van der Waals surface area contributed by atoms with E-state index in [1.807, 2.05) is 24.3 Å². The molecule has 1 aliphatic rings. The number of aliphatic hydroxyl groups excluding tert-OH is 1. The third kappa shape index (κ3) is 4.08. The van der Waals surface area contributed by atoms with Gasteiger partial charge in [0.2, 0.25) is 0 Å². The van der Waals surface area contributed by atoms with Crippen LogP contribution in [0.15, 0.2) is 59.6 Å². The number of rotatable bonds is 5. The molecule has 4 rings (SSSR count). The Balaban J connectivity index is 1.46. The largest absolute Gasteiger partial charge is 0.370 e. The topological polar surface area (TPSA) is 108 Å². The van der Waals surface area contributed by atoms with Crippen LogP contribution in [0.4, 0.5) is 15.9 Å². The lowest BCUT2D eigenvalue weighted by Crippen LogP contribution is -2.28. The van der Waals surface area contributed by atoms with E-state index >= 15 is 0 Å². The SMILES string of the molecule is CC(C)(CNc1ccc(-c2ccc3c(c2)NC(N)=NC3O)nn1)c1ccc(F)cc1. The molecule has 7 nitrogen and oxygen atoms in total. The van der Waals surface area contributed by atoms with Crippen molar-refractivity contribution < 1.29 is 9.50 Å². The monoisotopic (exact) mass is 406 g/mol. The quantitative estimate of drug-likeness (QED) is 0.517. The molecule has 0 bridgehead atoms. The number of fused-ring (bicyclic) bond motifs is 1. The number of nitrogens with two attached hydrogens (primary N) is 1. The van der Waals surface area contributed by atoms with Crippen molar-refractivity contribution in [3.05, 3.63) is 71.5 Å². The summed E-state index contributed by atoms with van der Waals surface area (Å²) in [5, 5.41) is 24.8. The Labute approximate surface area is 173 Å². The average molecular weight is 406 g/mol. The van der Waals surface area contributed by atoms with E-state index in [0.29, 0.717) is 29.3 Å². The van der Waals surface area contributed by atoms with Gasteiger partial charge in [-0.05, 0) is 35.9 Å². The molecule has 0 saturated heterocycles. The number of anilines is 2. The fraction of sp³-hybridized carbons (Fsp3) is 0.227. The van der Waals surface area contributed by atoms with Crippen LogP contribution in [0.3, 0.4) is 0 Å². The van der Waals surface area contributed by atoms with Crippen molar-refractivity contribution in [2.45, 2.75) is 25.5 Å². The molecule has 0 fully saturated rings. The molecular weight excluding hydrogens is 383 g/mol. The first-order valence-corrected chi connectivity index (χ1v) is 9.58. The van der Waals surface area contributed by atoms with Crippen molar-refractivity contribution in [3.8, 4) is 11.3 Å². The zero-order valence-corrected chi connectivity index (χ0v) is 16.7. The first kappa shape index (κ1) is 19.8. The van der Waals surface area contributed by atoms with Gasteiger partial charge in [0.05, 0.1) is 5.69 Å². The van der Waals surface area contributed by atoms with Crippen LogP contribution >= 0.6 is 0 Å². The molecule has 30 heavy (non-hydrogen) atoms. The average Bonchev–Trinajstić information content (AvgIpc) is 2.72. The first-order chi connectivity index (χ1) is 14.3. The Kier molecular flexibility index (Phi) is 5.09. The van der Waals surface area contributed by atoms with E-state index in [9.17, 15) is 9.50 Å². The summed E-state index contributed by atoms with van der Waals surface area (Å²) in [7, 11) is 0. The van der Waals surface area contributed by atoms with Crippen LogP contribution in [0.5, 0.6) is 0 Å². The normalized spacial score (nSPS) is 15.7. The molecule has 154 valence electrons. The summed E-state index contributed by atoms with van der Waals surface area (Å²) in [5.74, 6) is 0.573. The fourth-order valence-corrected chi connectivity index (χ4v) is 3.32. The van der Waals surface area contributed by atoms with Gasteiger partial charge in [0.1, 0.15) is 11.6 Å². The smallest absolute Gasteiger partial charge is 0.195 e. The second-order valence-corrected chi connectivity index (χ2v) is 7.86. The van der Waals surface area contributed by atoms with Gasteiger partial charge in [0, 0.05) is 28.8 Å². The fourth-order valence-electron chi connectivity index (χ4n) is 3.32. The van der Waals surface area contributed by atoms with Crippen molar-refractivity contribution in [3.63, 3.8) is 0 Å². The molecule has 1 unspecified atom stereocenters. The number of halogens is 1. The van der Waals surface area contributed by atoms with Gasteiger partial charge in [-0.25, -0.2) is 9.38 Å². The second kappa shape index (κ2) is 7.72. The summed E-state index contributed by atoms with van der Waals surface area (Å²) in [6.07, 6.45) is -0.975. The Hall–Kier alpha value is -3.52. The van der Waals surface area contributed by atoms with E-state index in [2.05, 4.69) is 39.7 Å². The maximum atomic E-state index is 13.2. The van der Waals surface area contributed by atoms with Gasteiger partial charge in [-0.3, -0.25) is 0 Å². The summed E-state index contributed by atoms with van der Waals surface area (Å²) in [4.78, 5) is 3.89. The highest BCUT2D eigenvalue weighted by molar-refractivity contribution is 5.95. The van der Waals surface area contributed by atoms with Crippen LogP contribution in [0.2, 0.25) is 0 Å². The number of nitrogens with one attached hydrogen (secondary N) is 2. The summed E-state index contributed by atoms with van der Waals surface area (Å²) < 4.78 is 13.2. The number of aliphatic imine (C=N–C) groups is 1. The minimum atomic E-state index is -0.975. The van der Waals surface area contributed by atoms with Gasteiger partial charge >= 0.3 is 0 Å². The van der Waals surface area contributed by atoms with Gasteiger partial charge in [-0.2, -0.15) is 0 Å². The molecule has 1 atom stereocenters. The molecule has 0 amide bonds. The number of nitrogens with zero attached hydrogens (tertiary/aromatic N) is 3. The Morgan fingerprint density at radius 2 is 1.87 bits per heavy atom. The molecule has 5 N–H and O–H groups in total. The third-order valence-corrected chi connectivity index (χ3v) is 5.15. The van der Waals surface area contributed by atoms with Gasteiger partial charge in [-0.1, -0.05) is 38.1 Å². The lowest BCUT2D eigenvalue weighted by atomic mass is 9.84. The van der Waals surface area contributed by atoms with Crippen molar-refractivity contribution in [1.82, 2.24) is 10.2 Å². The van der Waals surface area contributed by atoms with Gasteiger partial charge < -0.3 is 21.5 Å². The van der Waals surface area contributed by atoms with Crippen LogP contribution in [-0.4, -0.2) is 27.8 Å². The minimum absolute atomic E-state index is 0.168. The molecule has 0 aliphatic carbocycles. The van der Waals surface area contributed by atoms with Crippen LogP contribution < -0.4 is 16.4 Å². The molecule has 2 heterocycles. The number of hydrogen-bond donors (Lipinski definition) is 4. The molecule has 1 aromatic heterocycles. The Morgan fingerprint density at radius 1 is 1.10 bits per heavy atom. The van der Waals surface area contributed by atoms with Crippen molar-refractivity contribution in [2.24, 2.45) is 10.7 Å². The van der Waals surface area contributed by atoms with Crippen LogP contribution in [0.25, 0.3) is 11.3 Å². The number of aliphatic hydroxyl groups is 1. The second-order valence-electron chi connectivity index (χ2n) is 7.86. The summed E-state index contributed by atoms with van der Waals surface area (Å²) in [6.45, 7) is 4.78. The van der Waals surface area contributed by atoms with E-state index in [4.69, 9.17) is 5.73 Å². The molecule has 0 radical (unpaired) electrons. The van der Waals surface area contributed by atoms with Crippen LogP contribution in [0, 0.1) is 5.82 Å². The van der Waals surface area contributed by atoms with Crippen molar-refractivity contribution in [1.29, 1.82) is 0 Å². The standard InChI is InChI=1S/C22H23FN6O/c1-22(2,14-4-6-15(23)7-5-14)12-25-19-10-9-17(28-29-19)13-3-8-16-18(11-13)26-21(24)27-20(16)30/h3-11,20,30H,12H2,1-2H3,(H,25,29)(H3,24,26,27). The highest BCUT2D eigenvalue weighted by Gasteiger charge is 2.21. The van der Waals surface area contributed by atoms with Crippen LogP contribution in [-0.2, 0) is 5.41 Å². The summed E-state index contributed by atoms with van der Waals surface area (Å²) in [5.41, 5.74) is 9.40. The van der Waals surface area contributed by atoms with E-state index in [-0.39, 0.29) is 17.2 Å². The zero-order chi connectivity index (χ0) is 21.3. The summed E-state index contributed by atoms with van der Waals surface area (Å²) >= 11 is 0. The minimum Gasteiger partial charge on any atom is -0.370 e. The Morgan fingerprint density at radius 3 is 2.57 bits per heavy atom. The van der Waals surface area contributed by atoms with E-state index < -0.39 is 6.23 Å². The predicted octanol–water partition coefficient (Wildman–Crippen LogP) is 3.40. The number of benzene rings is 2. The molecule has 0 saturated carbocycles. The lowest BCUT2D eigenvalue weighted by molar-refractivity contribution is 0.188. The first-order valence-electron chi connectivity index (χ1n) is 9.58. The molecule has 2 aromatic carbocycles. The number of hydrogen-bond acceptors (Lipinski definition) is 7. The maximum absolute atomic E-state index is 13.2. The zero-order valence-electron chi connectivity index (χ0n) is 16.7. The van der Waals surface area contributed by atoms with Crippen molar-refractivity contribution >= 4 is 17.5 Å². The highest BCUT2D eigenvalue weighted by Crippen LogP contribution is 2.31. The third-order valence-electron chi connectivity index (χ3n) is 5.15. The van der Waals surface area contributed by atoms with Crippen LogP contribution in [0.1, 0.15) is 31.2 Å². The molecular formula is C22H23FN6O. The Bertz CT molecular complexity index is 1080. The van der Waals surface area contributed by atoms with Crippen molar-refractivity contribution in [2.75, 3.05) is 17.2 Å². The number of aromatic nitrogens is 2. The predicted molar refractivity (Wildman–Crippen MR) is 116 cm³/mol. The molecule has 1 aliphatic heterocycles. The molecule has 0 spiro atoms. The van der Waals surface area contributed by atoms with E-state index in [1.54, 1.807) is 18.2 Å². The molecule has 3 aromatic rings.